The van der Waals surface area contributed by atoms with E-state index in [0.29, 0.717) is 10.8 Å². The summed E-state index contributed by atoms with van der Waals surface area (Å²) in [6.07, 6.45) is 0. The maximum absolute atomic E-state index is 12.3. The van der Waals surface area contributed by atoms with Crippen molar-refractivity contribution in [3.05, 3.63) is 48.7 Å². The van der Waals surface area contributed by atoms with E-state index in [0.717, 1.165) is 4.57 Å². The summed E-state index contributed by atoms with van der Waals surface area (Å²) in [4.78, 5) is 26.7. The number of nitrogens with zero attached hydrogens (tertiary/aromatic N) is 1. The zero-order valence-electron chi connectivity index (χ0n) is 11.5. The Morgan fingerprint density at radius 3 is 2.29 bits per heavy atom. The van der Waals surface area contributed by atoms with Gasteiger partial charge in [-0.1, -0.05) is 23.2 Å². The van der Waals surface area contributed by atoms with Gasteiger partial charge in [0.1, 0.15) is 16.7 Å². The molecule has 6 nitrogen and oxygen atoms in total. The molecule has 1 aromatic heterocycles. The molecule has 0 radical (unpaired) electrons. The SMILES string of the molecule is COc1cc(-n2c(=O)[nH]c(Cl)c(C)c2=O)c(OC)cc1Cl. The van der Waals surface area contributed by atoms with Gasteiger partial charge in [-0.3, -0.25) is 9.78 Å². The monoisotopic (exact) mass is 330 g/mol. The minimum atomic E-state index is -0.682. The van der Waals surface area contributed by atoms with Crippen LogP contribution in [0.1, 0.15) is 5.56 Å². The molecule has 112 valence electrons. The number of halogens is 2. The van der Waals surface area contributed by atoms with Crippen molar-refractivity contribution in [3.8, 4) is 17.2 Å². The molecular weight excluding hydrogens is 319 g/mol. The number of hydrogen-bond donors (Lipinski definition) is 1. The zero-order valence-corrected chi connectivity index (χ0v) is 13.0. The van der Waals surface area contributed by atoms with Crippen LogP contribution >= 0.6 is 23.2 Å². The number of aromatic amines is 1. The minimum absolute atomic E-state index is 0.00106. The van der Waals surface area contributed by atoms with Crippen molar-refractivity contribution in [3.63, 3.8) is 0 Å². The normalized spacial score (nSPS) is 10.5. The summed E-state index contributed by atoms with van der Waals surface area (Å²) in [6.45, 7) is 1.51. The molecule has 2 rings (SSSR count). The number of nitrogens with one attached hydrogen (secondary N) is 1. The number of rotatable bonds is 3. The molecule has 21 heavy (non-hydrogen) atoms. The molecule has 0 unspecified atom stereocenters. The summed E-state index contributed by atoms with van der Waals surface area (Å²) in [5.74, 6) is 0.571. The second-order valence-electron chi connectivity index (χ2n) is 4.17. The molecule has 0 amide bonds. The second kappa shape index (κ2) is 5.83. The summed E-state index contributed by atoms with van der Waals surface area (Å²) in [5, 5.41) is 0.300. The highest BCUT2D eigenvalue weighted by Crippen LogP contribution is 2.33. The van der Waals surface area contributed by atoms with Gasteiger partial charge in [-0.2, -0.15) is 0 Å². The number of aromatic nitrogens is 2. The van der Waals surface area contributed by atoms with Crippen LogP contribution in [-0.4, -0.2) is 23.8 Å². The van der Waals surface area contributed by atoms with E-state index in [1.807, 2.05) is 0 Å². The Labute approximate surface area is 129 Å². The average molecular weight is 331 g/mol. The molecule has 0 spiro atoms. The van der Waals surface area contributed by atoms with E-state index in [4.69, 9.17) is 32.7 Å². The van der Waals surface area contributed by atoms with E-state index < -0.39 is 11.2 Å². The maximum atomic E-state index is 12.3. The molecular formula is C13H12Cl2N2O4. The molecule has 1 N–H and O–H groups in total. The number of benzene rings is 1. The standard InChI is InChI=1S/C13H12Cl2N2O4/c1-6-11(15)16-13(19)17(12(6)18)8-5-9(20-2)7(14)4-10(8)21-3/h4-5H,1-3H3,(H,16,19). The maximum Gasteiger partial charge on any atom is 0.334 e. The highest BCUT2D eigenvalue weighted by atomic mass is 35.5. The largest absolute Gasteiger partial charge is 0.495 e. The van der Waals surface area contributed by atoms with Gasteiger partial charge in [-0.25, -0.2) is 9.36 Å². The molecule has 2 aromatic rings. The van der Waals surface area contributed by atoms with Gasteiger partial charge in [0.25, 0.3) is 5.56 Å². The van der Waals surface area contributed by atoms with Gasteiger partial charge in [-0.15, -0.1) is 0 Å². The van der Waals surface area contributed by atoms with E-state index in [2.05, 4.69) is 4.98 Å². The number of ether oxygens (including phenoxy) is 2. The van der Waals surface area contributed by atoms with E-state index >= 15 is 0 Å². The number of hydrogen-bond acceptors (Lipinski definition) is 4. The van der Waals surface area contributed by atoms with Crippen molar-refractivity contribution in [2.24, 2.45) is 0 Å². The summed E-state index contributed by atoms with van der Waals surface area (Å²) < 4.78 is 11.2. The fourth-order valence-corrected chi connectivity index (χ4v) is 2.23. The van der Waals surface area contributed by atoms with Crippen LogP contribution in [0.15, 0.2) is 21.7 Å². The van der Waals surface area contributed by atoms with Gasteiger partial charge < -0.3 is 9.47 Å². The molecule has 0 fully saturated rings. The van der Waals surface area contributed by atoms with Crippen LogP contribution in [0.2, 0.25) is 10.2 Å². The average Bonchev–Trinajstić information content (AvgIpc) is 2.45. The Balaban J connectivity index is 2.88. The number of H-pyrrole nitrogens is 1. The van der Waals surface area contributed by atoms with Crippen molar-refractivity contribution >= 4 is 23.2 Å². The Hall–Kier alpha value is -1.92. The second-order valence-corrected chi connectivity index (χ2v) is 4.95. The first kappa shape index (κ1) is 15.5. The summed E-state index contributed by atoms with van der Waals surface area (Å²) in [6, 6.07) is 2.91. The molecule has 1 aromatic carbocycles. The first-order valence-electron chi connectivity index (χ1n) is 5.84. The van der Waals surface area contributed by atoms with Gasteiger partial charge in [-0.05, 0) is 6.92 Å². The van der Waals surface area contributed by atoms with Gasteiger partial charge in [0.15, 0.2) is 0 Å². The van der Waals surface area contributed by atoms with E-state index in [1.54, 1.807) is 0 Å². The predicted molar refractivity (Wildman–Crippen MR) is 80.5 cm³/mol. The summed E-state index contributed by atoms with van der Waals surface area (Å²) in [5.41, 5.74) is -0.804. The molecule has 0 saturated heterocycles. The van der Waals surface area contributed by atoms with Crippen molar-refractivity contribution in [1.29, 1.82) is 0 Å². The van der Waals surface area contributed by atoms with Crippen molar-refractivity contribution in [2.45, 2.75) is 6.92 Å². The smallest absolute Gasteiger partial charge is 0.334 e. The fraction of sp³-hybridized carbons (Fsp3) is 0.231. The Kier molecular flexibility index (Phi) is 4.29. The third-order valence-electron chi connectivity index (χ3n) is 2.97. The molecule has 0 aliphatic heterocycles. The lowest BCUT2D eigenvalue weighted by molar-refractivity contribution is 0.401. The van der Waals surface area contributed by atoms with Gasteiger partial charge >= 0.3 is 5.69 Å². The topological polar surface area (TPSA) is 73.3 Å². The van der Waals surface area contributed by atoms with Crippen molar-refractivity contribution in [1.82, 2.24) is 9.55 Å². The van der Waals surface area contributed by atoms with Crippen LogP contribution < -0.4 is 20.7 Å². The van der Waals surface area contributed by atoms with Gasteiger partial charge in [0.2, 0.25) is 0 Å². The van der Waals surface area contributed by atoms with Gasteiger partial charge in [0, 0.05) is 12.1 Å². The highest BCUT2D eigenvalue weighted by molar-refractivity contribution is 6.32. The molecule has 0 bridgehead atoms. The predicted octanol–water partition coefficient (Wildman–Crippen LogP) is 2.16. The van der Waals surface area contributed by atoms with E-state index in [-0.39, 0.29) is 22.2 Å². The third kappa shape index (κ3) is 2.64. The van der Waals surface area contributed by atoms with Crippen molar-refractivity contribution in [2.75, 3.05) is 14.2 Å². The molecule has 8 heteroatoms. The van der Waals surface area contributed by atoms with Crippen LogP contribution in [0.3, 0.4) is 0 Å². The zero-order chi connectivity index (χ0) is 15.7. The summed E-state index contributed by atoms with van der Waals surface area (Å²) in [7, 11) is 2.83. The van der Waals surface area contributed by atoms with Crippen LogP contribution in [0, 0.1) is 6.92 Å². The molecule has 0 aliphatic rings. The Morgan fingerprint density at radius 1 is 1.10 bits per heavy atom. The molecule has 0 aliphatic carbocycles. The first-order valence-corrected chi connectivity index (χ1v) is 6.59. The highest BCUT2D eigenvalue weighted by Gasteiger charge is 2.17. The van der Waals surface area contributed by atoms with E-state index in [9.17, 15) is 9.59 Å². The minimum Gasteiger partial charge on any atom is -0.495 e. The fourth-order valence-electron chi connectivity index (χ4n) is 1.84. The van der Waals surface area contributed by atoms with Crippen molar-refractivity contribution < 1.29 is 9.47 Å². The first-order chi connectivity index (χ1) is 9.90. The molecule has 0 saturated carbocycles. The lowest BCUT2D eigenvalue weighted by Crippen LogP contribution is -2.35. The third-order valence-corrected chi connectivity index (χ3v) is 3.64. The Morgan fingerprint density at radius 2 is 1.71 bits per heavy atom. The lowest BCUT2D eigenvalue weighted by Gasteiger charge is -2.13. The molecule has 0 atom stereocenters. The van der Waals surface area contributed by atoms with Crippen LogP contribution in [0.4, 0.5) is 0 Å². The summed E-state index contributed by atoms with van der Waals surface area (Å²) >= 11 is 11.8. The van der Waals surface area contributed by atoms with Crippen LogP contribution in [0.5, 0.6) is 11.5 Å². The van der Waals surface area contributed by atoms with E-state index in [1.165, 1.54) is 33.3 Å². The number of methoxy groups -OCH3 is 2. The van der Waals surface area contributed by atoms with Gasteiger partial charge in [0.05, 0.1) is 30.5 Å². The van der Waals surface area contributed by atoms with Crippen LogP contribution in [-0.2, 0) is 0 Å². The lowest BCUT2D eigenvalue weighted by atomic mass is 10.2. The molecule has 1 heterocycles. The van der Waals surface area contributed by atoms with Crippen LogP contribution in [0.25, 0.3) is 5.69 Å². The quantitative estimate of drug-likeness (QED) is 0.875. The Bertz CT molecular complexity index is 811.